The zero-order chi connectivity index (χ0) is 21.5. The van der Waals surface area contributed by atoms with Gasteiger partial charge in [-0.15, -0.1) is 0 Å². The summed E-state index contributed by atoms with van der Waals surface area (Å²) in [6.45, 7) is 9.17. The summed E-state index contributed by atoms with van der Waals surface area (Å²) in [6.07, 6.45) is 0.565. The molecule has 1 fully saturated rings. The Hall–Kier alpha value is -2.86. The van der Waals surface area contributed by atoms with Crippen LogP contribution in [-0.4, -0.2) is 44.2 Å². The van der Waals surface area contributed by atoms with Crippen molar-refractivity contribution in [2.75, 3.05) is 36.5 Å². The quantitative estimate of drug-likeness (QED) is 0.733. The highest BCUT2D eigenvalue weighted by Gasteiger charge is 2.23. The number of amides is 2. The van der Waals surface area contributed by atoms with Crippen LogP contribution in [0.2, 0.25) is 0 Å². The summed E-state index contributed by atoms with van der Waals surface area (Å²) in [5.41, 5.74) is 3.31. The highest BCUT2D eigenvalue weighted by atomic mass is 16.5. The molecule has 2 amide bonds. The molecule has 2 aromatic rings. The molecule has 2 aromatic carbocycles. The van der Waals surface area contributed by atoms with Gasteiger partial charge in [0.25, 0.3) is 5.91 Å². The van der Waals surface area contributed by atoms with Crippen LogP contribution in [0.15, 0.2) is 48.5 Å². The number of hydrogen-bond acceptors (Lipinski definition) is 4. The third-order valence-corrected chi connectivity index (χ3v) is 5.23. The van der Waals surface area contributed by atoms with Crippen LogP contribution in [0.3, 0.4) is 0 Å². The number of aryl methyl sites for hydroxylation is 1. The third kappa shape index (κ3) is 5.83. The van der Waals surface area contributed by atoms with E-state index in [1.54, 1.807) is 6.07 Å². The average Bonchev–Trinajstić information content (AvgIpc) is 2.74. The summed E-state index contributed by atoms with van der Waals surface area (Å²) in [7, 11) is 0. The van der Waals surface area contributed by atoms with Gasteiger partial charge >= 0.3 is 0 Å². The van der Waals surface area contributed by atoms with Gasteiger partial charge in [-0.1, -0.05) is 32.0 Å². The van der Waals surface area contributed by atoms with Crippen molar-refractivity contribution < 1.29 is 14.3 Å². The molecule has 6 nitrogen and oxygen atoms in total. The number of carbonyl (C=O) groups excluding carboxylic acids is 2. The highest BCUT2D eigenvalue weighted by molar-refractivity contribution is 6.01. The first-order chi connectivity index (χ1) is 14.4. The maximum absolute atomic E-state index is 12.9. The van der Waals surface area contributed by atoms with Gasteiger partial charge in [-0.05, 0) is 55.2 Å². The molecule has 6 heteroatoms. The smallest absolute Gasteiger partial charge is 0.252 e. The Kier molecular flexibility index (Phi) is 7.46. The van der Waals surface area contributed by atoms with Gasteiger partial charge in [0.05, 0.1) is 13.2 Å². The van der Waals surface area contributed by atoms with Crippen molar-refractivity contribution >= 4 is 23.2 Å². The molecule has 0 aliphatic carbocycles. The molecule has 0 spiro atoms. The van der Waals surface area contributed by atoms with E-state index >= 15 is 0 Å². The zero-order valence-corrected chi connectivity index (χ0v) is 18.0. The molecule has 0 saturated carbocycles. The first kappa shape index (κ1) is 21.8. The third-order valence-electron chi connectivity index (χ3n) is 5.23. The molecule has 1 saturated heterocycles. The van der Waals surface area contributed by atoms with E-state index in [1.807, 2.05) is 63.2 Å². The number of rotatable bonds is 7. The molecular formula is C24H31N3O3. The Morgan fingerprint density at radius 2 is 1.70 bits per heavy atom. The Balaban J connectivity index is 1.66. The molecule has 1 heterocycles. The number of benzene rings is 2. The minimum absolute atomic E-state index is 0.204. The average molecular weight is 410 g/mol. The number of nitrogens with one attached hydrogen (secondary N) is 2. The van der Waals surface area contributed by atoms with Gasteiger partial charge in [-0.3, -0.25) is 9.59 Å². The largest absolute Gasteiger partial charge is 0.378 e. The standard InChI is InChI=1S/C24H31N3O3/c1-17(2)16-22(26-23(28)21-7-5-4-6-18(21)3)24(29)25-19-8-10-20(11-9-19)27-12-14-30-15-13-27/h4-11,17,22H,12-16H2,1-3H3,(H,25,29)(H,26,28). The van der Waals surface area contributed by atoms with E-state index in [2.05, 4.69) is 15.5 Å². The fourth-order valence-corrected chi connectivity index (χ4v) is 3.57. The molecule has 3 rings (SSSR count). The summed E-state index contributed by atoms with van der Waals surface area (Å²) >= 11 is 0. The van der Waals surface area contributed by atoms with Gasteiger partial charge in [0, 0.05) is 30.0 Å². The van der Waals surface area contributed by atoms with Crippen LogP contribution in [0, 0.1) is 12.8 Å². The lowest BCUT2D eigenvalue weighted by molar-refractivity contribution is -0.118. The summed E-state index contributed by atoms with van der Waals surface area (Å²) < 4.78 is 5.39. The predicted molar refractivity (Wildman–Crippen MR) is 120 cm³/mol. The highest BCUT2D eigenvalue weighted by Crippen LogP contribution is 2.20. The van der Waals surface area contributed by atoms with Crippen LogP contribution < -0.4 is 15.5 Å². The van der Waals surface area contributed by atoms with Crippen molar-refractivity contribution in [2.45, 2.75) is 33.2 Å². The van der Waals surface area contributed by atoms with Crippen molar-refractivity contribution in [3.8, 4) is 0 Å². The monoisotopic (exact) mass is 409 g/mol. The van der Waals surface area contributed by atoms with Gasteiger partial charge in [0.15, 0.2) is 0 Å². The Bertz CT molecular complexity index is 858. The molecule has 2 N–H and O–H groups in total. The van der Waals surface area contributed by atoms with Crippen molar-refractivity contribution in [1.82, 2.24) is 5.32 Å². The summed E-state index contributed by atoms with van der Waals surface area (Å²) in [6, 6.07) is 14.6. The van der Waals surface area contributed by atoms with E-state index in [1.165, 1.54) is 0 Å². The fourth-order valence-electron chi connectivity index (χ4n) is 3.57. The lowest BCUT2D eigenvalue weighted by Gasteiger charge is -2.29. The normalized spacial score (nSPS) is 15.0. The molecule has 0 radical (unpaired) electrons. The summed E-state index contributed by atoms with van der Waals surface area (Å²) in [5.74, 6) is -0.164. The van der Waals surface area contributed by atoms with Crippen molar-refractivity contribution in [3.05, 3.63) is 59.7 Å². The van der Waals surface area contributed by atoms with Gasteiger partial charge in [0.2, 0.25) is 5.91 Å². The number of anilines is 2. The maximum Gasteiger partial charge on any atom is 0.252 e. The Morgan fingerprint density at radius 1 is 1.03 bits per heavy atom. The van der Waals surface area contributed by atoms with Gasteiger partial charge < -0.3 is 20.3 Å². The molecule has 0 bridgehead atoms. The van der Waals surface area contributed by atoms with Crippen molar-refractivity contribution in [2.24, 2.45) is 5.92 Å². The minimum Gasteiger partial charge on any atom is -0.378 e. The first-order valence-electron chi connectivity index (χ1n) is 10.5. The van der Waals surface area contributed by atoms with Gasteiger partial charge in [0.1, 0.15) is 6.04 Å². The Morgan fingerprint density at radius 3 is 2.33 bits per heavy atom. The lowest BCUT2D eigenvalue weighted by atomic mass is 10.0. The number of carbonyl (C=O) groups is 2. The van der Waals surface area contributed by atoms with E-state index in [0.717, 1.165) is 43.2 Å². The Labute approximate surface area is 178 Å². The zero-order valence-electron chi connectivity index (χ0n) is 18.0. The fraction of sp³-hybridized carbons (Fsp3) is 0.417. The SMILES string of the molecule is Cc1ccccc1C(=O)NC(CC(C)C)C(=O)Nc1ccc(N2CCOCC2)cc1. The summed E-state index contributed by atoms with van der Waals surface area (Å²) in [5, 5.41) is 5.87. The van der Waals surface area contributed by atoms with Crippen LogP contribution in [0.4, 0.5) is 11.4 Å². The van der Waals surface area contributed by atoms with Crippen LogP contribution in [0.5, 0.6) is 0 Å². The van der Waals surface area contributed by atoms with E-state index in [4.69, 9.17) is 4.74 Å². The molecule has 1 atom stereocenters. The van der Waals surface area contributed by atoms with Crippen LogP contribution in [-0.2, 0) is 9.53 Å². The minimum atomic E-state index is -0.601. The molecular weight excluding hydrogens is 378 g/mol. The lowest BCUT2D eigenvalue weighted by Crippen LogP contribution is -2.44. The van der Waals surface area contributed by atoms with E-state index in [-0.39, 0.29) is 17.7 Å². The molecule has 160 valence electrons. The van der Waals surface area contributed by atoms with E-state index < -0.39 is 6.04 Å². The van der Waals surface area contributed by atoms with Crippen molar-refractivity contribution in [3.63, 3.8) is 0 Å². The topological polar surface area (TPSA) is 70.7 Å². The number of ether oxygens (including phenoxy) is 1. The van der Waals surface area contributed by atoms with E-state index in [0.29, 0.717) is 12.0 Å². The van der Waals surface area contributed by atoms with Crippen LogP contribution >= 0.6 is 0 Å². The van der Waals surface area contributed by atoms with Crippen molar-refractivity contribution in [1.29, 1.82) is 0 Å². The predicted octanol–water partition coefficient (Wildman–Crippen LogP) is 3.61. The first-order valence-corrected chi connectivity index (χ1v) is 10.5. The summed E-state index contributed by atoms with van der Waals surface area (Å²) in [4.78, 5) is 27.9. The molecule has 1 aliphatic heterocycles. The second kappa shape index (κ2) is 10.3. The van der Waals surface area contributed by atoms with Gasteiger partial charge in [-0.2, -0.15) is 0 Å². The van der Waals surface area contributed by atoms with Crippen LogP contribution in [0.1, 0.15) is 36.2 Å². The molecule has 30 heavy (non-hydrogen) atoms. The number of morpholine rings is 1. The number of nitrogens with zero attached hydrogens (tertiary/aromatic N) is 1. The second-order valence-electron chi connectivity index (χ2n) is 8.11. The number of hydrogen-bond donors (Lipinski definition) is 2. The van der Waals surface area contributed by atoms with E-state index in [9.17, 15) is 9.59 Å². The van der Waals surface area contributed by atoms with Crippen LogP contribution in [0.25, 0.3) is 0 Å². The molecule has 1 aliphatic rings. The molecule has 0 aromatic heterocycles. The second-order valence-corrected chi connectivity index (χ2v) is 8.11. The van der Waals surface area contributed by atoms with Gasteiger partial charge in [-0.25, -0.2) is 0 Å². The molecule has 1 unspecified atom stereocenters. The maximum atomic E-state index is 12.9.